The minimum absolute atomic E-state index is 0.187. The minimum Gasteiger partial charge on any atom is -0.497 e. The van der Waals surface area contributed by atoms with Crippen LogP contribution in [0.4, 0.5) is 5.69 Å². The Morgan fingerprint density at radius 2 is 1.92 bits per heavy atom. The van der Waals surface area contributed by atoms with Gasteiger partial charge < -0.3 is 10.1 Å². The van der Waals surface area contributed by atoms with Gasteiger partial charge in [-0.2, -0.15) is 5.10 Å². The molecule has 5 heteroatoms. The highest BCUT2D eigenvalue weighted by atomic mass is 16.5. The topological polar surface area (TPSA) is 56.1 Å². The van der Waals surface area contributed by atoms with Gasteiger partial charge in [0.05, 0.1) is 12.8 Å². The molecule has 0 aliphatic carbocycles. The summed E-state index contributed by atoms with van der Waals surface area (Å²) in [5.74, 6) is 0.568. The molecule has 128 valence electrons. The predicted molar refractivity (Wildman–Crippen MR) is 99.0 cm³/mol. The molecule has 1 amide bonds. The number of nitrogens with one attached hydrogen (secondary N) is 1. The molecule has 0 fully saturated rings. The van der Waals surface area contributed by atoms with Gasteiger partial charge in [-0.15, -0.1) is 0 Å². The average Bonchev–Trinajstić information content (AvgIpc) is 3.04. The number of hydrogen-bond donors (Lipinski definition) is 1. The van der Waals surface area contributed by atoms with Crippen molar-refractivity contribution < 1.29 is 9.53 Å². The van der Waals surface area contributed by atoms with E-state index in [2.05, 4.69) is 17.3 Å². The molecule has 5 nitrogen and oxygen atoms in total. The first-order valence-electron chi connectivity index (χ1n) is 8.19. The van der Waals surface area contributed by atoms with Gasteiger partial charge in [0.25, 0.3) is 5.91 Å². The first kappa shape index (κ1) is 16.8. The van der Waals surface area contributed by atoms with Crippen molar-refractivity contribution in [2.24, 2.45) is 7.05 Å². The highest BCUT2D eigenvalue weighted by molar-refractivity contribution is 6.03. The van der Waals surface area contributed by atoms with Gasteiger partial charge in [-0.3, -0.25) is 9.48 Å². The van der Waals surface area contributed by atoms with Gasteiger partial charge in [0.15, 0.2) is 0 Å². The number of anilines is 1. The van der Waals surface area contributed by atoms with Crippen molar-refractivity contribution >= 4 is 11.6 Å². The second kappa shape index (κ2) is 7.21. The fraction of sp³-hybridized carbons (Fsp3) is 0.200. The molecule has 3 aromatic rings. The molecule has 0 saturated heterocycles. The number of amides is 1. The van der Waals surface area contributed by atoms with Crippen LogP contribution in [0.5, 0.6) is 5.75 Å². The van der Waals surface area contributed by atoms with E-state index in [1.165, 1.54) is 5.56 Å². The molecule has 0 unspecified atom stereocenters. The molecule has 2 aromatic carbocycles. The van der Waals surface area contributed by atoms with Gasteiger partial charge in [0.2, 0.25) is 0 Å². The molecule has 1 aromatic heterocycles. The van der Waals surface area contributed by atoms with E-state index >= 15 is 0 Å². The van der Waals surface area contributed by atoms with E-state index in [1.54, 1.807) is 24.9 Å². The number of carbonyl (C=O) groups is 1. The van der Waals surface area contributed by atoms with Crippen LogP contribution in [-0.4, -0.2) is 22.8 Å². The number of benzene rings is 2. The fourth-order valence-corrected chi connectivity index (χ4v) is 2.62. The molecular formula is C20H21N3O2. The first-order valence-corrected chi connectivity index (χ1v) is 8.19. The zero-order chi connectivity index (χ0) is 17.8. The Morgan fingerprint density at radius 1 is 1.16 bits per heavy atom. The standard InChI is InChI=1S/C20H21N3O2/c1-4-14-8-10-16(11-9-14)21-20(24)19-13-18(22-23(19)2)15-6-5-7-17(12-15)25-3/h5-13H,4H2,1-3H3,(H,21,24). The number of hydrogen-bond acceptors (Lipinski definition) is 3. The number of carbonyl (C=O) groups excluding carboxylic acids is 1. The summed E-state index contributed by atoms with van der Waals surface area (Å²) in [6.07, 6.45) is 0.972. The lowest BCUT2D eigenvalue weighted by Crippen LogP contribution is -2.15. The molecule has 0 saturated carbocycles. The summed E-state index contributed by atoms with van der Waals surface area (Å²) in [4.78, 5) is 12.6. The molecule has 0 radical (unpaired) electrons. The van der Waals surface area contributed by atoms with E-state index in [4.69, 9.17) is 4.74 Å². The van der Waals surface area contributed by atoms with Crippen LogP contribution in [0, 0.1) is 0 Å². The third-order valence-electron chi connectivity index (χ3n) is 4.10. The van der Waals surface area contributed by atoms with Crippen molar-refractivity contribution in [1.29, 1.82) is 0 Å². The van der Waals surface area contributed by atoms with Gasteiger partial charge in [-0.1, -0.05) is 31.2 Å². The van der Waals surface area contributed by atoms with Gasteiger partial charge in [0.1, 0.15) is 11.4 Å². The van der Waals surface area contributed by atoms with Crippen molar-refractivity contribution in [3.05, 3.63) is 65.9 Å². The van der Waals surface area contributed by atoms with Crippen molar-refractivity contribution in [2.45, 2.75) is 13.3 Å². The maximum absolute atomic E-state index is 12.6. The van der Waals surface area contributed by atoms with Gasteiger partial charge in [-0.25, -0.2) is 0 Å². The maximum atomic E-state index is 12.6. The molecule has 3 rings (SSSR count). The molecule has 0 spiro atoms. The van der Waals surface area contributed by atoms with Gasteiger partial charge >= 0.3 is 0 Å². The van der Waals surface area contributed by atoms with Crippen LogP contribution < -0.4 is 10.1 Å². The zero-order valence-electron chi connectivity index (χ0n) is 14.6. The Morgan fingerprint density at radius 3 is 2.60 bits per heavy atom. The van der Waals surface area contributed by atoms with Crippen LogP contribution >= 0.6 is 0 Å². The van der Waals surface area contributed by atoms with Crippen LogP contribution in [0.25, 0.3) is 11.3 Å². The second-order valence-electron chi connectivity index (χ2n) is 5.77. The monoisotopic (exact) mass is 335 g/mol. The van der Waals surface area contributed by atoms with Gasteiger partial charge in [0, 0.05) is 18.3 Å². The van der Waals surface area contributed by atoms with Crippen LogP contribution in [0.15, 0.2) is 54.6 Å². The maximum Gasteiger partial charge on any atom is 0.273 e. The summed E-state index contributed by atoms with van der Waals surface area (Å²) in [7, 11) is 3.39. The van der Waals surface area contributed by atoms with E-state index in [0.29, 0.717) is 5.69 Å². The van der Waals surface area contributed by atoms with E-state index < -0.39 is 0 Å². The van der Waals surface area contributed by atoms with E-state index in [9.17, 15) is 4.79 Å². The molecule has 25 heavy (non-hydrogen) atoms. The van der Waals surface area contributed by atoms with E-state index in [0.717, 1.165) is 29.1 Å². The number of ether oxygens (including phenoxy) is 1. The Bertz CT molecular complexity index is 882. The number of aromatic nitrogens is 2. The molecule has 0 bridgehead atoms. The Balaban J connectivity index is 1.82. The van der Waals surface area contributed by atoms with Gasteiger partial charge in [-0.05, 0) is 42.3 Å². The highest BCUT2D eigenvalue weighted by Gasteiger charge is 2.15. The number of methoxy groups -OCH3 is 1. The molecular weight excluding hydrogens is 314 g/mol. The number of aryl methyl sites for hydroxylation is 2. The zero-order valence-corrected chi connectivity index (χ0v) is 14.6. The number of nitrogens with zero attached hydrogens (tertiary/aromatic N) is 2. The predicted octanol–water partition coefficient (Wildman–Crippen LogP) is 3.91. The normalized spacial score (nSPS) is 10.5. The third kappa shape index (κ3) is 3.71. The molecule has 0 aliphatic heterocycles. The smallest absolute Gasteiger partial charge is 0.273 e. The van der Waals surface area contributed by atoms with Crippen LogP contribution in [0.1, 0.15) is 23.0 Å². The summed E-state index contributed by atoms with van der Waals surface area (Å²) in [5.41, 5.74) is 4.14. The molecule has 0 aliphatic rings. The van der Waals surface area contributed by atoms with Crippen molar-refractivity contribution in [2.75, 3.05) is 12.4 Å². The Kier molecular flexibility index (Phi) is 4.84. The average molecular weight is 335 g/mol. The molecule has 1 N–H and O–H groups in total. The Labute approximate surface area is 147 Å². The minimum atomic E-state index is -0.187. The van der Waals surface area contributed by atoms with Crippen LogP contribution in [-0.2, 0) is 13.5 Å². The first-order chi connectivity index (χ1) is 12.1. The third-order valence-corrected chi connectivity index (χ3v) is 4.10. The lowest BCUT2D eigenvalue weighted by atomic mass is 10.1. The van der Waals surface area contributed by atoms with E-state index in [-0.39, 0.29) is 5.91 Å². The highest BCUT2D eigenvalue weighted by Crippen LogP contribution is 2.23. The Hall–Kier alpha value is -3.08. The SMILES string of the molecule is CCc1ccc(NC(=O)c2cc(-c3cccc(OC)c3)nn2C)cc1. The summed E-state index contributed by atoms with van der Waals surface area (Å²) in [6.45, 7) is 2.10. The van der Waals surface area contributed by atoms with Crippen molar-refractivity contribution in [1.82, 2.24) is 9.78 Å². The quantitative estimate of drug-likeness (QED) is 0.769. The van der Waals surface area contributed by atoms with Crippen LogP contribution in [0.2, 0.25) is 0 Å². The number of rotatable bonds is 5. The lowest BCUT2D eigenvalue weighted by Gasteiger charge is -2.05. The van der Waals surface area contributed by atoms with E-state index in [1.807, 2.05) is 48.5 Å². The fourth-order valence-electron chi connectivity index (χ4n) is 2.62. The lowest BCUT2D eigenvalue weighted by molar-refractivity contribution is 0.101. The molecule has 0 atom stereocenters. The summed E-state index contributed by atoms with van der Waals surface area (Å²) >= 11 is 0. The molecule has 1 heterocycles. The van der Waals surface area contributed by atoms with Crippen molar-refractivity contribution in [3.63, 3.8) is 0 Å². The van der Waals surface area contributed by atoms with Crippen molar-refractivity contribution in [3.8, 4) is 17.0 Å². The second-order valence-corrected chi connectivity index (χ2v) is 5.77. The summed E-state index contributed by atoms with van der Waals surface area (Å²) in [5, 5.41) is 7.36. The largest absolute Gasteiger partial charge is 0.497 e. The summed E-state index contributed by atoms with van der Waals surface area (Å²) < 4.78 is 6.83. The summed E-state index contributed by atoms with van der Waals surface area (Å²) in [6, 6.07) is 17.2. The van der Waals surface area contributed by atoms with Crippen LogP contribution in [0.3, 0.4) is 0 Å².